The molecule has 0 amide bonds. The molecule has 0 aromatic heterocycles. The van der Waals surface area contributed by atoms with Crippen LogP contribution in [0.15, 0.2) is 24.3 Å². The average molecular weight is 239 g/mol. The summed E-state index contributed by atoms with van der Waals surface area (Å²) in [5.74, 6) is 0.203. The summed E-state index contributed by atoms with van der Waals surface area (Å²) < 4.78 is 13.5. The second kappa shape index (κ2) is 6.72. The molecule has 0 aliphatic heterocycles. The summed E-state index contributed by atoms with van der Waals surface area (Å²) in [6, 6.07) is 7.03. The van der Waals surface area contributed by atoms with Gasteiger partial charge in [-0.25, -0.2) is 4.39 Å². The molecule has 0 aliphatic rings. The average Bonchev–Trinajstić information content (AvgIpc) is 2.28. The molecule has 2 nitrogen and oxygen atoms in total. The van der Waals surface area contributed by atoms with Gasteiger partial charge in [0.15, 0.2) is 0 Å². The van der Waals surface area contributed by atoms with E-state index in [4.69, 9.17) is 0 Å². The van der Waals surface area contributed by atoms with E-state index >= 15 is 0 Å². The third-order valence-electron chi connectivity index (χ3n) is 2.98. The third kappa shape index (κ3) is 4.44. The Balaban J connectivity index is 2.55. The quantitative estimate of drug-likeness (QED) is 0.798. The number of hydrogen-bond acceptors (Lipinski definition) is 2. The zero-order chi connectivity index (χ0) is 12.8. The molecule has 1 aromatic carbocycles. The standard InChI is InChI=1S/C14H22FNO/c1-10(2)14(9-17)16-11(3)8-12-6-4-5-7-13(12)15/h4-7,10-11,14,16-17H,8-9H2,1-3H3/t11?,14-/m1/s1. The number of benzene rings is 1. The van der Waals surface area contributed by atoms with Gasteiger partial charge in [-0.05, 0) is 30.9 Å². The minimum atomic E-state index is -0.161. The lowest BCUT2D eigenvalue weighted by Gasteiger charge is -2.24. The van der Waals surface area contributed by atoms with Crippen molar-refractivity contribution in [2.75, 3.05) is 6.61 Å². The second-order valence-electron chi connectivity index (χ2n) is 4.90. The predicted molar refractivity (Wildman–Crippen MR) is 68.4 cm³/mol. The van der Waals surface area contributed by atoms with E-state index in [0.717, 1.165) is 0 Å². The Kier molecular flexibility index (Phi) is 5.59. The Morgan fingerprint density at radius 3 is 2.41 bits per heavy atom. The van der Waals surface area contributed by atoms with E-state index in [9.17, 15) is 9.50 Å². The first-order valence-corrected chi connectivity index (χ1v) is 6.15. The molecule has 0 spiro atoms. The number of aliphatic hydroxyl groups is 1. The Hall–Kier alpha value is -0.930. The van der Waals surface area contributed by atoms with Gasteiger partial charge in [0.2, 0.25) is 0 Å². The van der Waals surface area contributed by atoms with E-state index in [1.165, 1.54) is 6.07 Å². The van der Waals surface area contributed by atoms with Crippen LogP contribution in [0, 0.1) is 11.7 Å². The van der Waals surface area contributed by atoms with Gasteiger partial charge >= 0.3 is 0 Å². The van der Waals surface area contributed by atoms with Crippen LogP contribution in [0.1, 0.15) is 26.3 Å². The van der Waals surface area contributed by atoms with E-state index in [0.29, 0.717) is 17.9 Å². The highest BCUT2D eigenvalue weighted by atomic mass is 19.1. The van der Waals surface area contributed by atoms with Gasteiger partial charge in [0, 0.05) is 12.1 Å². The molecule has 3 heteroatoms. The lowest BCUT2D eigenvalue weighted by Crippen LogP contribution is -2.43. The van der Waals surface area contributed by atoms with Gasteiger partial charge in [-0.15, -0.1) is 0 Å². The summed E-state index contributed by atoms with van der Waals surface area (Å²) in [4.78, 5) is 0. The number of halogens is 1. The molecule has 2 atom stereocenters. The van der Waals surface area contributed by atoms with Crippen molar-refractivity contribution in [2.45, 2.75) is 39.3 Å². The van der Waals surface area contributed by atoms with Crippen molar-refractivity contribution >= 4 is 0 Å². The number of aliphatic hydroxyl groups excluding tert-OH is 1. The van der Waals surface area contributed by atoms with Crippen LogP contribution in [0.2, 0.25) is 0 Å². The van der Waals surface area contributed by atoms with E-state index in [2.05, 4.69) is 19.2 Å². The first kappa shape index (κ1) is 14.1. The van der Waals surface area contributed by atoms with E-state index in [1.54, 1.807) is 12.1 Å². The monoisotopic (exact) mass is 239 g/mol. The van der Waals surface area contributed by atoms with Crippen molar-refractivity contribution < 1.29 is 9.50 Å². The molecule has 2 N–H and O–H groups in total. The largest absolute Gasteiger partial charge is 0.395 e. The topological polar surface area (TPSA) is 32.3 Å². The fourth-order valence-electron chi connectivity index (χ4n) is 1.87. The summed E-state index contributed by atoms with van der Waals surface area (Å²) in [5.41, 5.74) is 0.716. The molecule has 0 saturated carbocycles. The summed E-state index contributed by atoms with van der Waals surface area (Å²) in [7, 11) is 0. The Labute approximate surface area is 103 Å². The fraction of sp³-hybridized carbons (Fsp3) is 0.571. The molecule has 0 fully saturated rings. The van der Waals surface area contributed by atoms with Crippen molar-refractivity contribution in [1.29, 1.82) is 0 Å². The van der Waals surface area contributed by atoms with E-state index in [-0.39, 0.29) is 24.5 Å². The highest BCUT2D eigenvalue weighted by Gasteiger charge is 2.15. The van der Waals surface area contributed by atoms with E-state index in [1.807, 2.05) is 13.0 Å². The van der Waals surface area contributed by atoms with Crippen molar-refractivity contribution in [3.63, 3.8) is 0 Å². The molecule has 0 radical (unpaired) electrons. The highest BCUT2D eigenvalue weighted by molar-refractivity contribution is 5.18. The Morgan fingerprint density at radius 1 is 1.24 bits per heavy atom. The Morgan fingerprint density at radius 2 is 1.88 bits per heavy atom. The molecule has 1 aromatic rings. The lowest BCUT2D eigenvalue weighted by atomic mass is 10.0. The van der Waals surface area contributed by atoms with Gasteiger partial charge in [0.25, 0.3) is 0 Å². The second-order valence-corrected chi connectivity index (χ2v) is 4.90. The van der Waals surface area contributed by atoms with Gasteiger partial charge in [-0.1, -0.05) is 32.0 Å². The zero-order valence-electron chi connectivity index (χ0n) is 10.8. The first-order chi connectivity index (χ1) is 8.04. The van der Waals surface area contributed by atoms with Crippen LogP contribution in [0.4, 0.5) is 4.39 Å². The van der Waals surface area contributed by atoms with E-state index < -0.39 is 0 Å². The molecule has 1 unspecified atom stereocenters. The van der Waals surface area contributed by atoms with Crippen molar-refractivity contribution in [3.05, 3.63) is 35.6 Å². The third-order valence-corrected chi connectivity index (χ3v) is 2.98. The van der Waals surface area contributed by atoms with Crippen LogP contribution in [0.5, 0.6) is 0 Å². The van der Waals surface area contributed by atoms with Crippen LogP contribution in [0.25, 0.3) is 0 Å². The van der Waals surface area contributed by atoms with Crippen molar-refractivity contribution in [1.82, 2.24) is 5.32 Å². The van der Waals surface area contributed by atoms with Crippen LogP contribution in [-0.4, -0.2) is 23.8 Å². The molecule has 96 valence electrons. The summed E-state index contributed by atoms with van der Waals surface area (Å²) in [6.07, 6.45) is 0.635. The van der Waals surface area contributed by atoms with Crippen LogP contribution in [0.3, 0.4) is 0 Å². The minimum Gasteiger partial charge on any atom is -0.395 e. The molecular weight excluding hydrogens is 217 g/mol. The maximum Gasteiger partial charge on any atom is 0.126 e. The minimum absolute atomic E-state index is 0.0665. The Bertz CT molecular complexity index is 341. The molecular formula is C14H22FNO. The number of nitrogens with one attached hydrogen (secondary N) is 1. The molecule has 1 rings (SSSR count). The lowest BCUT2D eigenvalue weighted by molar-refractivity contribution is 0.200. The molecule has 0 bridgehead atoms. The predicted octanol–water partition coefficient (Wildman–Crippen LogP) is 2.36. The number of rotatable bonds is 6. The summed E-state index contributed by atoms with van der Waals surface area (Å²) in [5, 5.41) is 12.6. The first-order valence-electron chi connectivity index (χ1n) is 6.15. The van der Waals surface area contributed by atoms with Gasteiger partial charge in [-0.2, -0.15) is 0 Å². The maximum atomic E-state index is 13.5. The zero-order valence-corrected chi connectivity index (χ0v) is 10.8. The summed E-state index contributed by atoms with van der Waals surface area (Å²) in [6.45, 7) is 6.24. The SMILES string of the molecule is CC(Cc1ccccc1F)N[C@H](CO)C(C)C. The van der Waals surface area contributed by atoms with Gasteiger partial charge < -0.3 is 10.4 Å². The van der Waals surface area contributed by atoms with Crippen LogP contribution < -0.4 is 5.32 Å². The van der Waals surface area contributed by atoms with Crippen molar-refractivity contribution in [2.24, 2.45) is 5.92 Å². The molecule has 0 saturated heterocycles. The molecule has 0 heterocycles. The maximum absolute atomic E-state index is 13.5. The van der Waals surface area contributed by atoms with Gasteiger partial charge in [0.05, 0.1) is 6.61 Å². The van der Waals surface area contributed by atoms with Crippen molar-refractivity contribution in [3.8, 4) is 0 Å². The summed E-state index contributed by atoms with van der Waals surface area (Å²) >= 11 is 0. The van der Waals surface area contributed by atoms with Gasteiger partial charge in [0.1, 0.15) is 5.82 Å². The van der Waals surface area contributed by atoms with Crippen LogP contribution in [-0.2, 0) is 6.42 Å². The van der Waals surface area contributed by atoms with Crippen LogP contribution >= 0.6 is 0 Å². The normalized spacial score (nSPS) is 14.9. The number of hydrogen-bond donors (Lipinski definition) is 2. The smallest absolute Gasteiger partial charge is 0.126 e. The van der Waals surface area contributed by atoms with Gasteiger partial charge in [-0.3, -0.25) is 0 Å². The fourth-order valence-corrected chi connectivity index (χ4v) is 1.87. The molecule has 0 aliphatic carbocycles. The molecule has 17 heavy (non-hydrogen) atoms. The highest BCUT2D eigenvalue weighted by Crippen LogP contribution is 2.10.